The minimum atomic E-state index is -1.16. The van der Waals surface area contributed by atoms with Gasteiger partial charge < -0.3 is 9.52 Å². The van der Waals surface area contributed by atoms with Gasteiger partial charge in [0, 0.05) is 18.4 Å². The zero-order valence-electron chi connectivity index (χ0n) is 17.1. The lowest BCUT2D eigenvalue weighted by atomic mass is 9.96. The monoisotopic (exact) mass is 408 g/mol. The molecule has 0 atom stereocenters. The number of carbonyl (C=O) groups excluding carboxylic acids is 2. The number of carboxylic acids is 1. The number of Topliss-reactive ketones (excluding diaryl/α,β-unsaturated/α-hetero) is 2. The summed E-state index contributed by atoms with van der Waals surface area (Å²) in [6.45, 7) is 3.96. The second kappa shape index (κ2) is 9.03. The quantitative estimate of drug-likeness (QED) is 0.376. The van der Waals surface area contributed by atoms with E-state index in [1.807, 2.05) is 13.8 Å². The molecule has 0 spiro atoms. The van der Waals surface area contributed by atoms with E-state index in [0.29, 0.717) is 24.8 Å². The average molecular weight is 408 g/mol. The van der Waals surface area contributed by atoms with Crippen molar-refractivity contribution in [2.75, 3.05) is 0 Å². The predicted molar refractivity (Wildman–Crippen MR) is 115 cm³/mol. The minimum Gasteiger partial charge on any atom is -0.478 e. The summed E-state index contributed by atoms with van der Waals surface area (Å²) in [6, 6.07) is 7.01. The third-order valence-corrected chi connectivity index (χ3v) is 5.15. The first-order chi connectivity index (χ1) is 14.4. The lowest BCUT2D eigenvalue weighted by Crippen LogP contribution is -2.10. The highest BCUT2D eigenvalue weighted by Gasteiger charge is 2.20. The molecule has 0 aliphatic carbocycles. The van der Waals surface area contributed by atoms with E-state index in [1.165, 1.54) is 30.3 Å². The van der Waals surface area contributed by atoms with E-state index in [1.54, 1.807) is 0 Å². The molecule has 1 N–H and O–H groups in total. The summed E-state index contributed by atoms with van der Waals surface area (Å²) in [5.74, 6) is -1.48. The molecule has 6 nitrogen and oxygen atoms in total. The van der Waals surface area contributed by atoms with Gasteiger partial charge in [-0.15, -0.1) is 0 Å². The van der Waals surface area contributed by atoms with Crippen molar-refractivity contribution in [2.24, 2.45) is 0 Å². The van der Waals surface area contributed by atoms with Crippen molar-refractivity contribution in [3.05, 3.63) is 57.2 Å². The number of carboxylic acid groups (broad SMARTS) is 1. The van der Waals surface area contributed by atoms with E-state index in [-0.39, 0.29) is 51.1 Å². The number of rotatable bonds is 9. The van der Waals surface area contributed by atoms with E-state index in [0.717, 1.165) is 12.8 Å². The Bertz CT molecular complexity index is 1200. The fourth-order valence-corrected chi connectivity index (χ4v) is 3.41. The van der Waals surface area contributed by atoms with Crippen molar-refractivity contribution in [3.8, 4) is 0 Å². The van der Waals surface area contributed by atoms with Crippen LogP contribution in [0.3, 0.4) is 0 Å². The number of hydrogen-bond acceptors (Lipinski definition) is 5. The Labute approximate surface area is 173 Å². The lowest BCUT2D eigenvalue weighted by molar-refractivity contribution is 0.0696. The topological polar surface area (TPSA) is 102 Å². The molecule has 156 valence electrons. The van der Waals surface area contributed by atoms with Crippen LogP contribution in [0.2, 0.25) is 0 Å². The number of benzene rings is 2. The highest BCUT2D eigenvalue weighted by molar-refractivity contribution is 6.11. The number of carbonyl (C=O) groups is 3. The molecule has 1 heterocycles. The Balaban J connectivity index is 2.30. The van der Waals surface area contributed by atoms with Gasteiger partial charge in [0.05, 0.1) is 21.9 Å². The fraction of sp³-hybridized carbons (Fsp3) is 0.333. The van der Waals surface area contributed by atoms with Gasteiger partial charge in [0.15, 0.2) is 11.6 Å². The zero-order chi connectivity index (χ0) is 21.8. The van der Waals surface area contributed by atoms with E-state index in [9.17, 15) is 24.3 Å². The van der Waals surface area contributed by atoms with Crippen LogP contribution in [0.4, 0.5) is 0 Å². The van der Waals surface area contributed by atoms with Gasteiger partial charge in [0.1, 0.15) is 11.2 Å². The molecule has 0 aliphatic rings. The number of aromatic carboxylic acids is 1. The lowest BCUT2D eigenvalue weighted by Gasteiger charge is -2.10. The molecule has 0 saturated carbocycles. The molecule has 30 heavy (non-hydrogen) atoms. The Kier molecular flexibility index (Phi) is 6.45. The molecule has 0 radical (unpaired) electrons. The first-order valence-corrected chi connectivity index (χ1v) is 10.2. The molecule has 0 unspecified atom stereocenters. The highest BCUT2D eigenvalue weighted by atomic mass is 16.4. The number of fused-ring (bicyclic) bond motifs is 2. The smallest absolute Gasteiger partial charge is 0.335 e. The minimum absolute atomic E-state index is 0.0384. The number of unbranched alkanes of at least 4 members (excludes halogenated alkanes) is 2. The third kappa shape index (κ3) is 4.17. The summed E-state index contributed by atoms with van der Waals surface area (Å²) in [5.41, 5.74) is 0.377. The highest BCUT2D eigenvalue weighted by Crippen LogP contribution is 2.26. The summed E-state index contributed by atoms with van der Waals surface area (Å²) in [6.07, 6.45) is 3.71. The van der Waals surface area contributed by atoms with Gasteiger partial charge in [-0.3, -0.25) is 14.4 Å². The Morgan fingerprint density at radius 3 is 2.13 bits per heavy atom. The molecule has 0 amide bonds. The van der Waals surface area contributed by atoms with Crippen LogP contribution < -0.4 is 5.43 Å². The average Bonchev–Trinajstić information content (AvgIpc) is 2.75. The van der Waals surface area contributed by atoms with Crippen LogP contribution in [0, 0.1) is 0 Å². The summed E-state index contributed by atoms with van der Waals surface area (Å²) in [5, 5.41) is 9.45. The van der Waals surface area contributed by atoms with Crippen LogP contribution in [0.15, 0.2) is 39.5 Å². The normalized spacial score (nSPS) is 11.1. The maximum absolute atomic E-state index is 13.2. The number of hydrogen-bond donors (Lipinski definition) is 1. The van der Waals surface area contributed by atoms with E-state index < -0.39 is 11.4 Å². The summed E-state index contributed by atoms with van der Waals surface area (Å²) >= 11 is 0. The molecule has 3 aromatic rings. The molecule has 0 bridgehead atoms. The van der Waals surface area contributed by atoms with Gasteiger partial charge in [0.25, 0.3) is 0 Å². The molecule has 0 fully saturated rings. The Morgan fingerprint density at radius 1 is 0.867 bits per heavy atom. The van der Waals surface area contributed by atoms with Gasteiger partial charge in [-0.25, -0.2) is 4.79 Å². The van der Waals surface area contributed by atoms with Crippen molar-refractivity contribution in [3.63, 3.8) is 0 Å². The second-order valence-corrected chi connectivity index (χ2v) is 7.40. The van der Waals surface area contributed by atoms with Crippen molar-refractivity contribution >= 4 is 39.5 Å². The summed E-state index contributed by atoms with van der Waals surface area (Å²) in [4.78, 5) is 49.9. The summed E-state index contributed by atoms with van der Waals surface area (Å²) < 4.78 is 5.88. The molecule has 6 heteroatoms. The van der Waals surface area contributed by atoms with Gasteiger partial charge in [-0.05, 0) is 43.2 Å². The van der Waals surface area contributed by atoms with Crippen molar-refractivity contribution in [1.29, 1.82) is 0 Å². The molecular formula is C24H24O6. The maximum atomic E-state index is 13.2. The molecule has 0 aliphatic heterocycles. The van der Waals surface area contributed by atoms with Crippen LogP contribution in [0.5, 0.6) is 0 Å². The van der Waals surface area contributed by atoms with Gasteiger partial charge >= 0.3 is 5.97 Å². The van der Waals surface area contributed by atoms with E-state index in [2.05, 4.69) is 0 Å². The van der Waals surface area contributed by atoms with Crippen molar-refractivity contribution < 1.29 is 23.9 Å². The first kappa shape index (κ1) is 21.4. The molecule has 0 saturated heterocycles. The largest absolute Gasteiger partial charge is 0.478 e. The van der Waals surface area contributed by atoms with Crippen molar-refractivity contribution in [2.45, 2.75) is 52.4 Å². The zero-order valence-corrected chi connectivity index (χ0v) is 17.1. The summed E-state index contributed by atoms with van der Waals surface area (Å²) in [7, 11) is 0. The van der Waals surface area contributed by atoms with Gasteiger partial charge in [-0.1, -0.05) is 26.7 Å². The molecule has 2 aromatic carbocycles. The second-order valence-electron chi connectivity index (χ2n) is 7.40. The Morgan fingerprint density at radius 2 is 1.50 bits per heavy atom. The van der Waals surface area contributed by atoms with Crippen LogP contribution in [0.25, 0.3) is 21.9 Å². The predicted octanol–water partition coefficient (Wildman–Crippen LogP) is 5.39. The van der Waals surface area contributed by atoms with Gasteiger partial charge in [-0.2, -0.15) is 0 Å². The molecule has 1 aromatic heterocycles. The SMILES string of the molecule is CCCCC(=O)c1cc(C(=O)CCCC)c2oc3ccc(C(=O)O)cc3c(=O)c2c1. The molecule has 3 rings (SSSR count). The van der Waals surface area contributed by atoms with Gasteiger partial charge in [0.2, 0.25) is 5.43 Å². The third-order valence-electron chi connectivity index (χ3n) is 5.15. The first-order valence-electron chi connectivity index (χ1n) is 10.2. The standard InChI is InChI=1S/C24H24O6/c1-3-5-7-19(25)15-12-16(20(26)8-6-4-2)23-18(13-15)22(27)17-11-14(24(28)29)9-10-21(17)30-23/h9-13H,3-8H2,1-2H3,(H,28,29). The maximum Gasteiger partial charge on any atom is 0.335 e. The Hall–Kier alpha value is -3.28. The van der Waals surface area contributed by atoms with E-state index >= 15 is 0 Å². The van der Waals surface area contributed by atoms with Crippen LogP contribution in [0.1, 0.15) is 83.4 Å². The number of ketones is 2. The van der Waals surface area contributed by atoms with Crippen molar-refractivity contribution in [1.82, 2.24) is 0 Å². The molecular weight excluding hydrogens is 384 g/mol. The van der Waals surface area contributed by atoms with Crippen LogP contribution >= 0.6 is 0 Å². The van der Waals surface area contributed by atoms with Crippen LogP contribution in [-0.4, -0.2) is 22.6 Å². The van der Waals surface area contributed by atoms with E-state index in [4.69, 9.17) is 4.42 Å². The van der Waals surface area contributed by atoms with Crippen LogP contribution in [-0.2, 0) is 0 Å². The fourth-order valence-electron chi connectivity index (χ4n) is 3.41.